The normalized spacial score (nSPS) is 23.7. The average molecular weight is 374 g/mol. The molecule has 2 nitrogen and oxygen atoms in total. The minimum atomic E-state index is 0.600. The van der Waals surface area contributed by atoms with Gasteiger partial charge in [0.05, 0.1) is 0 Å². The van der Waals surface area contributed by atoms with E-state index in [1.165, 1.54) is 18.4 Å². The van der Waals surface area contributed by atoms with Gasteiger partial charge in [0.1, 0.15) is 0 Å². The summed E-state index contributed by atoms with van der Waals surface area (Å²) in [6, 6.07) is 7.42. The molecule has 0 aromatic heterocycles. The molecule has 0 aliphatic carbocycles. The first-order chi connectivity index (χ1) is 9.99. The lowest BCUT2D eigenvalue weighted by Gasteiger charge is -2.41. The Morgan fingerprint density at radius 1 is 1.43 bits per heavy atom. The maximum absolute atomic E-state index is 6.40. The number of benzene rings is 1. The summed E-state index contributed by atoms with van der Waals surface area (Å²) in [4.78, 5) is 2.61. The van der Waals surface area contributed by atoms with Gasteiger partial charge in [-0.3, -0.25) is 4.90 Å². The van der Waals surface area contributed by atoms with E-state index < -0.39 is 0 Å². The van der Waals surface area contributed by atoms with Crippen molar-refractivity contribution in [1.82, 2.24) is 10.2 Å². The standard InChI is InChI=1S/C17H26BrClN2/c1-4-15-11-21(16(9-20-15)7-12(2)3)10-13-5-6-14(18)8-17(13)19/h5-6,8,12,15-16,20H,4,7,9-11H2,1-3H3. The van der Waals surface area contributed by atoms with Crippen LogP contribution in [0.15, 0.2) is 22.7 Å². The van der Waals surface area contributed by atoms with E-state index in [1.54, 1.807) is 0 Å². The quantitative estimate of drug-likeness (QED) is 0.804. The first-order valence-corrected chi connectivity index (χ1v) is 9.08. The number of nitrogens with zero attached hydrogens (tertiary/aromatic N) is 1. The molecule has 1 saturated heterocycles. The van der Waals surface area contributed by atoms with Crippen LogP contribution in [0.4, 0.5) is 0 Å². The number of hydrogen-bond donors (Lipinski definition) is 1. The van der Waals surface area contributed by atoms with Gasteiger partial charge in [0.15, 0.2) is 0 Å². The zero-order chi connectivity index (χ0) is 15.4. The molecule has 118 valence electrons. The molecule has 1 aromatic carbocycles. The molecule has 1 N–H and O–H groups in total. The summed E-state index contributed by atoms with van der Waals surface area (Å²) >= 11 is 9.88. The van der Waals surface area contributed by atoms with Gasteiger partial charge in [0.2, 0.25) is 0 Å². The minimum absolute atomic E-state index is 0.600. The van der Waals surface area contributed by atoms with Gasteiger partial charge in [0.25, 0.3) is 0 Å². The molecule has 0 spiro atoms. The van der Waals surface area contributed by atoms with Crippen LogP contribution < -0.4 is 5.32 Å². The second-order valence-corrected chi connectivity index (χ2v) is 7.78. The fourth-order valence-electron chi connectivity index (χ4n) is 3.04. The number of nitrogens with one attached hydrogen (secondary N) is 1. The molecule has 2 rings (SSSR count). The molecule has 0 bridgehead atoms. The Labute approximate surface area is 142 Å². The highest BCUT2D eigenvalue weighted by atomic mass is 79.9. The molecule has 1 aliphatic rings. The van der Waals surface area contributed by atoms with Crippen molar-refractivity contribution in [1.29, 1.82) is 0 Å². The van der Waals surface area contributed by atoms with E-state index in [2.05, 4.69) is 59.1 Å². The first-order valence-electron chi connectivity index (χ1n) is 7.91. The summed E-state index contributed by atoms with van der Waals surface area (Å²) in [5.74, 6) is 0.720. The maximum atomic E-state index is 6.40. The molecule has 21 heavy (non-hydrogen) atoms. The van der Waals surface area contributed by atoms with Crippen molar-refractivity contribution in [3.05, 3.63) is 33.3 Å². The second kappa shape index (κ2) is 7.96. The Morgan fingerprint density at radius 2 is 2.19 bits per heavy atom. The van der Waals surface area contributed by atoms with Crippen LogP contribution in [0.5, 0.6) is 0 Å². The molecule has 1 fully saturated rings. The van der Waals surface area contributed by atoms with E-state index >= 15 is 0 Å². The van der Waals surface area contributed by atoms with E-state index in [0.717, 1.165) is 35.0 Å². The highest BCUT2D eigenvalue weighted by molar-refractivity contribution is 9.10. The van der Waals surface area contributed by atoms with Crippen molar-refractivity contribution in [2.45, 2.75) is 52.2 Å². The molecule has 1 aromatic rings. The predicted molar refractivity (Wildman–Crippen MR) is 94.9 cm³/mol. The van der Waals surface area contributed by atoms with E-state index in [1.807, 2.05) is 6.07 Å². The molecule has 2 atom stereocenters. The number of hydrogen-bond acceptors (Lipinski definition) is 2. The summed E-state index contributed by atoms with van der Waals surface area (Å²) in [7, 11) is 0. The molecule has 1 heterocycles. The van der Waals surface area contributed by atoms with Crippen molar-refractivity contribution in [3.8, 4) is 0 Å². The Hall–Kier alpha value is -0.0900. The number of rotatable bonds is 5. The van der Waals surface area contributed by atoms with E-state index in [0.29, 0.717) is 12.1 Å². The van der Waals surface area contributed by atoms with Crippen molar-refractivity contribution in [2.75, 3.05) is 13.1 Å². The number of piperazine rings is 1. The summed E-state index contributed by atoms with van der Waals surface area (Å²) in [6.45, 7) is 10.0. The summed E-state index contributed by atoms with van der Waals surface area (Å²) in [6.07, 6.45) is 2.41. The Morgan fingerprint density at radius 3 is 2.81 bits per heavy atom. The third kappa shape index (κ3) is 4.95. The Kier molecular flexibility index (Phi) is 6.54. The average Bonchev–Trinajstić information content (AvgIpc) is 2.43. The lowest BCUT2D eigenvalue weighted by molar-refractivity contribution is 0.105. The van der Waals surface area contributed by atoms with Crippen molar-refractivity contribution in [3.63, 3.8) is 0 Å². The molecule has 0 saturated carbocycles. The third-order valence-electron chi connectivity index (χ3n) is 4.24. The summed E-state index contributed by atoms with van der Waals surface area (Å²) in [5.41, 5.74) is 1.23. The van der Waals surface area contributed by atoms with Gasteiger partial charge in [-0.25, -0.2) is 0 Å². The van der Waals surface area contributed by atoms with Crippen molar-refractivity contribution in [2.24, 2.45) is 5.92 Å². The minimum Gasteiger partial charge on any atom is -0.311 e. The van der Waals surface area contributed by atoms with Crippen LogP contribution in [-0.2, 0) is 6.54 Å². The monoisotopic (exact) mass is 372 g/mol. The van der Waals surface area contributed by atoms with Crippen LogP contribution in [0, 0.1) is 5.92 Å². The maximum Gasteiger partial charge on any atom is 0.0462 e. The summed E-state index contributed by atoms with van der Waals surface area (Å²) in [5, 5.41) is 4.54. The van der Waals surface area contributed by atoms with Crippen LogP contribution in [0.3, 0.4) is 0 Å². The Balaban J connectivity index is 2.11. The molecule has 1 aliphatic heterocycles. The highest BCUT2D eigenvalue weighted by Crippen LogP contribution is 2.25. The number of halogens is 2. The molecular formula is C17H26BrClN2. The first kappa shape index (κ1) is 17.3. The molecule has 0 amide bonds. The van der Waals surface area contributed by atoms with Gasteiger partial charge >= 0.3 is 0 Å². The van der Waals surface area contributed by atoms with Crippen molar-refractivity contribution >= 4 is 27.5 Å². The van der Waals surface area contributed by atoms with Crippen LogP contribution in [0.25, 0.3) is 0 Å². The zero-order valence-corrected chi connectivity index (χ0v) is 15.5. The van der Waals surface area contributed by atoms with E-state index in [9.17, 15) is 0 Å². The SMILES string of the molecule is CCC1CN(Cc2ccc(Br)cc2Cl)C(CC(C)C)CN1. The lowest BCUT2D eigenvalue weighted by Crippen LogP contribution is -2.56. The van der Waals surface area contributed by atoms with Crippen LogP contribution in [0.2, 0.25) is 5.02 Å². The van der Waals surface area contributed by atoms with Gasteiger partial charge in [0, 0.05) is 41.2 Å². The topological polar surface area (TPSA) is 15.3 Å². The highest BCUT2D eigenvalue weighted by Gasteiger charge is 2.27. The predicted octanol–water partition coefficient (Wildman–Crippen LogP) is 4.70. The van der Waals surface area contributed by atoms with E-state index in [4.69, 9.17) is 11.6 Å². The fraction of sp³-hybridized carbons (Fsp3) is 0.647. The van der Waals surface area contributed by atoms with Gasteiger partial charge in [-0.1, -0.05) is 54.4 Å². The van der Waals surface area contributed by atoms with E-state index in [-0.39, 0.29) is 0 Å². The van der Waals surface area contributed by atoms with Crippen molar-refractivity contribution < 1.29 is 0 Å². The van der Waals surface area contributed by atoms with Gasteiger partial charge in [-0.05, 0) is 36.5 Å². The molecule has 0 radical (unpaired) electrons. The zero-order valence-electron chi connectivity index (χ0n) is 13.2. The largest absolute Gasteiger partial charge is 0.311 e. The summed E-state index contributed by atoms with van der Waals surface area (Å²) < 4.78 is 1.04. The lowest BCUT2D eigenvalue weighted by atomic mass is 9.97. The van der Waals surface area contributed by atoms with Gasteiger partial charge in [-0.15, -0.1) is 0 Å². The van der Waals surface area contributed by atoms with Crippen LogP contribution in [0.1, 0.15) is 39.2 Å². The smallest absolute Gasteiger partial charge is 0.0462 e. The molecule has 4 heteroatoms. The van der Waals surface area contributed by atoms with Crippen LogP contribution in [-0.4, -0.2) is 30.1 Å². The molecular weight excluding hydrogens is 348 g/mol. The van der Waals surface area contributed by atoms with Gasteiger partial charge in [-0.2, -0.15) is 0 Å². The van der Waals surface area contributed by atoms with Crippen LogP contribution >= 0.6 is 27.5 Å². The van der Waals surface area contributed by atoms with Gasteiger partial charge < -0.3 is 5.32 Å². The molecule has 2 unspecified atom stereocenters. The fourth-order valence-corrected chi connectivity index (χ4v) is 3.77. The third-order valence-corrected chi connectivity index (χ3v) is 5.08. The second-order valence-electron chi connectivity index (χ2n) is 6.46. The Bertz CT molecular complexity index is 464.